The summed E-state index contributed by atoms with van der Waals surface area (Å²) in [5, 5.41) is 3.43. The minimum Gasteiger partial charge on any atom is -0.497 e. The molecule has 28 heavy (non-hydrogen) atoms. The van der Waals surface area contributed by atoms with Crippen LogP contribution in [0, 0.1) is 0 Å². The van der Waals surface area contributed by atoms with Crippen molar-refractivity contribution in [3.63, 3.8) is 0 Å². The number of methoxy groups -OCH3 is 2. The van der Waals surface area contributed by atoms with Gasteiger partial charge in [-0.15, -0.1) is 0 Å². The van der Waals surface area contributed by atoms with Crippen molar-refractivity contribution in [1.82, 2.24) is 15.2 Å². The Balaban J connectivity index is 1.83. The standard InChI is InChI=1S/C22H29N3O3/c1-27-20-8-9-21(28-2)17(14-20)15-22(26)25(16-18-6-3-4-12-24-18)19-7-5-11-23-13-10-19/h3-4,6,8-9,12,14,19,23H,5,7,10-11,13,15-16H2,1-2H3. The molecule has 1 aliphatic rings. The van der Waals surface area contributed by atoms with Crippen molar-refractivity contribution in [3.05, 3.63) is 53.9 Å². The quantitative estimate of drug-likeness (QED) is 0.797. The number of ether oxygens (including phenoxy) is 2. The molecule has 150 valence electrons. The summed E-state index contributed by atoms with van der Waals surface area (Å²) in [6.45, 7) is 2.46. The molecule has 1 atom stereocenters. The number of hydrogen-bond acceptors (Lipinski definition) is 5. The smallest absolute Gasteiger partial charge is 0.227 e. The van der Waals surface area contributed by atoms with Crippen LogP contribution in [0.5, 0.6) is 11.5 Å². The number of aromatic nitrogens is 1. The summed E-state index contributed by atoms with van der Waals surface area (Å²) in [5.41, 5.74) is 1.75. The Bertz CT molecular complexity index is 759. The SMILES string of the molecule is COc1ccc(OC)c(CC(=O)N(Cc2ccccn2)C2CCCNCC2)c1. The molecule has 0 bridgehead atoms. The van der Waals surface area contributed by atoms with Gasteiger partial charge < -0.3 is 19.7 Å². The van der Waals surface area contributed by atoms with E-state index in [-0.39, 0.29) is 18.4 Å². The fraction of sp³-hybridized carbons (Fsp3) is 0.455. The van der Waals surface area contributed by atoms with Crippen LogP contribution in [-0.4, -0.2) is 49.1 Å². The molecule has 0 aliphatic carbocycles. The molecule has 1 N–H and O–H groups in total. The van der Waals surface area contributed by atoms with Gasteiger partial charge in [0.05, 0.1) is 32.9 Å². The number of nitrogens with zero attached hydrogens (tertiary/aromatic N) is 2. The minimum atomic E-state index is 0.0871. The van der Waals surface area contributed by atoms with Crippen LogP contribution < -0.4 is 14.8 Å². The highest BCUT2D eigenvalue weighted by atomic mass is 16.5. The predicted molar refractivity (Wildman–Crippen MR) is 109 cm³/mol. The van der Waals surface area contributed by atoms with Crippen LogP contribution in [0.1, 0.15) is 30.5 Å². The van der Waals surface area contributed by atoms with E-state index in [2.05, 4.69) is 10.3 Å². The van der Waals surface area contributed by atoms with Crippen LogP contribution >= 0.6 is 0 Å². The lowest BCUT2D eigenvalue weighted by Crippen LogP contribution is -2.41. The lowest BCUT2D eigenvalue weighted by atomic mass is 10.0. The van der Waals surface area contributed by atoms with Crippen LogP contribution in [0.2, 0.25) is 0 Å². The molecular weight excluding hydrogens is 354 g/mol. The van der Waals surface area contributed by atoms with E-state index in [1.54, 1.807) is 20.4 Å². The highest BCUT2D eigenvalue weighted by molar-refractivity contribution is 5.80. The molecule has 1 aromatic heterocycles. The second kappa shape index (κ2) is 10.1. The molecule has 6 nitrogen and oxygen atoms in total. The average Bonchev–Trinajstić information content (AvgIpc) is 3.02. The van der Waals surface area contributed by atoms with E-state index >= 15 is 0 Å². The van der Waals surface area contributed by atoms with Gasteiger partial charge in [-0.25, -0.2) is 0 Å². The first kappa shape index (κ1) is 20.1. The van der Waals surface area contributed by atoms with Crippen molar-refractivity contribution in [2.45, 2.75) is 38.3 Å². The van der Waals surface area contributed by atoms with Crippen molar-refractivity contribution < 1.29 is 14.3 Å². The van der Waals surface area contributed by atoms with E-state index in [1.807, 2.05) is 41.3 Å². The summed E-state index contributed by atoms with van der Waals surface area (Å²) < 4.78 is 10.8. The number of carbonyl (C=O) groups excluding carboxylic acids is 1. The molecule has 0 radical (unpaired) electrons. The van der Waals surface area contributed by atoms with Gasteiger partial charge in [-0.3, -0.25) is 9.78 Å². The third kappa shape index (κ3) is 5.23. The summed E-state index contributed by atoms with van der Waals surface area (Å²) >= 11 is 0. The van der Waals surface area contributed by atoms with Crippen molar-refractivity contribution in [3.8, 4) is 11.5 Å². The van der Waals surface area contributed by atoms with Crippen LogP contribution in [0.4, 0.5) is 0 Å². The fourth-order valence-corrected chi connectivity index (χ4v) is 3.68. The number of nitrogens with one attached hydrogen (secondary N) is 1. The third-order valence-electron chi connectivity index (χ3n) is 5.19. The zero-order valence-corrected chi connectivity index (χ0v) is 16.7. The molecule has 3 rings (SSSR count). The summed E-state index contributed by atoms with van der Waals surface area (Å²) in [6, 6.07) is 11.6. The zero-order valence-electron chi connectivity index (χ0n) is 16.7. The van der Waals surface area contributed by atoms with Crippen LogP contribution in [-0.2, 0) is 17.8 Å². The monoisotopic (exact) mass is 383 g/mol. The van der Waals surface area contributed by atoms with E-state index in [1.165, 1.54) is 0 Å². The van der Waals surface area contributed by atoms with Crippen molar-refractivity contribution in [2.75, 3.05) is 27.3 Å². The first-order chi connectivity index (χ1) is 13.7. The Morgan fingerprint density at radius 1 is 1.18 bits per heavy atom. The Kier molecular flexibility index (Phi) is 7.25. The maximum absolute atomic E-state index is 13.4. The average molecular weight is 383 g/mol. The van der Waals surface area contributed by atoms with Crippen LogP contribution in [0.25, 0.3) is 0 Å². The predicted octanol–water partition coefficient (Wildman–Crippen LogP) is 2.81. The van der Waals surface area contributed by atoms with Gasteiger partial charge >= 0.3 is 0 Å². The molecule has 1 aromatic carbocycles. The van der Waals surface area contributed by atoms with E-state index in [4.69, 9.17) is 9.47 Å². The first-order valence-corrected chi connectivity index (χ1v) is 9.82. The van der Waals surface area contributed by atoms with E-state index < -0.39 is 0 Å². The highest BCUT2D eigenvalue weighted by Gasteiger charge is 2.26. The Labute approximate surface area is 166 Å². The lowest BCUT2D eigenvalue weighted by Gasteiger charge is -2.31. The topological polar surface area (TPSA) is 63.7 Å². The molecule has 1 amide bonds. The molecule has 1 aliphatic heterocycles. The van der Waals surface area contributed by atoms with Gasteiger partial charge in [0.1, 0.15) is 11.5 Å². The van der Waals surface area contributed by atoms with Gasteiger partial charge in [0.15, 0.2) is 0 Å². The summed E-state index contributed by atoms with van der Waals surface area (Å²) in [6.07, 6.45) is 5.07. The first-order valence-electron chi connectivity index (χ1n) is 9.82. The third-order valence-corrected chi connectivity index (χ3v) is 5.19. The van der Waals surface area contributed by atoms with Gasteiger partial charge in [0, 0.05) is 17.8 Å². The number of carbonyl (C=O) groups is 1. The second-order valence-electron chi connectivity index (χ2n) is 7.03. The molecule has 1 fully saturated rings. The van der Waals surface area contributed by atoms with E-state index in [0.29, 0.717) is 12.3 Å². The highest BCUT2D eigenvalue weighted by Crippen LogP contribution is 2.26. The molecule has 2 heterocycles. The molecule has 1 unspecified atom stereocenters. The lowest BCUT2D eigenvalue weighted by molar-refractivity contribution is -0.133. The molecule has 0 saturated carbocycles. The Morgan fingerprint density at radius 3 is 2.82 bits per heavy atom. The Morgan fingerprint density at radius 2 is 2.07 bits per heavy atom. The number of hydrogen-bond donors (Lipinski definition) is 1. The molecular formula is C22H29N3O3. The normalized spacial score (nSPS) is 16.9. The van der Waals surface area contributed by atoms with Crippen LogP contribution in [0.3, 0.4) is 0 Å². The van der Waals surface area contributed by atoms with Gasteiger partial charge in [0.25, 0.3) is 0 Å². The number of amides is 1. The maximum atomic E-state index is 13.4. The Hall–Kier alpha value is -2.60. The van der Waals surface area contributed by atoms with Gasteiger partial charge in [-0.2, -0.15) is 0 Å². The largest absolute Gasteiger partial charge is 0.497 e. The van der Waals surface area contributed by atoms with Gasteiger partial charge in [-0.1, -0.05) is 6.07 Å². The molecule has 6 heteroatoms. The van der Waals surface area contributed by atoms with Crippen molar-refractivity contribution in [1.29, 1.82) is 0 Å². The summed E-state index contributed by atoms with van der Waals surface area (Å²) in [7, 11) is 3.25. The van der Waals surface area contributed by atoms with E-state index in [9.17, 15) is 4.79 Å². The van der Waals surface area contributed by atoms with Gasteiger partial charge in [-0.05, 0) is 62.7 Å². The zero-order chi connectivity index (χ0) is 19.8. The fourth-order valence-electron chi connectivity index (χ4n) is 3.68. The minimum absolute atomic E-state index is 0.0871. The van der Waals surface area contributed by atoms with E-state index in [0.717, 1.165) is 49.4 Å². The molecule has 2 aromatic rings. The second-order valence-corrected chi connectivity index (χ2v) is 7.03. The van der Waals surface area contributed by atoms with Gasteiger partial charge in [0.2, 0.25) is 5.91 Å². The number of benzene rings is 1. The molecule has 0 spiro atoms. The van der Waals surface area contributed by atoms with Crippen molar-refractivity contribution in [2.24, 2.45) is 0 Å². The van der Waals surface area contributed by atoms with Crippen molar-refractivity contribution >= 4 is 5.91 Å². The maximum Gasteiger partial charge on any atom is 0.227 e. The van der Waals surface area contributed by atoms with Crippen LogP contribution in [0.15, 0.2) is 42.6 Å². The summed E-state index contributed by atoms with van der Waals surface area (Å²) in [5.74, 6) is 1.51. The number of pyridine rings is 1. The summed E-state index contributed by atoms with van der Waals surface area (Å²) in [4.78, 5) is 19.8. The molecule has 1 saturated heterocycles. The number of rotatable bonds is 7.